The average molecular weight is 443 g/mol. The molecule has 0 unspecified atom stereocenters. The van der Waals surface area contributed by atoms with Crippen LogP contribution in [0.4, 0.5) is 0 Å². The fourth-order valence-corrected chi connectivity index (χ4v) is 3.05. The van der Waals surface area contributed by atoms with Gasteiger partial charge in [-0.1, -0.05) is 57.7 Å². The number of ether oxygens (including phenoxy) is 2. The van der Waals surface area contributed by atoms with E-state index in [9.17, 15) is 0 Å². The summed E-state index contributed by atoms with van der Waals surface area (Å²) < 4.78 is 10.2. The molecule has 1 aromatic rings. The predicted molar refractivity (Wildman–Crippen MR) is 138 cm³/mol. The second-order valence-electron chi connectivity index (χ2n) is 6.00. The van der Waals surface area contributed by atoms with Crippen LogP contribution >= 0.6 is 11.3 Å². The molecule has 0 aliphatic rings. The summed E-state index contributed by atoms with van der Waals surface area (Å²) in [6, 6.07) is 4.11. The highest BCUT2D eigenvalue weighted by Crippen LogP contribution is 2.15. The Morgan fingerprint density at radius 2 is 2.06 bits per heavy atom. The number of rotatable bonds is 13. The van der Waals surface area contributed by atoms with Crippen molar-refractivity contribution < 1.29 is 9.47 Å². The third-order valence-corrected chi connectivity index (χ3v) is 4.37. The van der Waals surface area contributed by atoms with Gasteiger partial charge in [0.05, 0.1) is 22.9 Å². The molecular weight excluding hydrogens is 404 g/mol. The van der Waals surface area contributed by atoms with E-state index in [0.29, 0.717) is 6.61 Å². The van der Waals surface area contributed by atoms with Gasteiger partial charge in [0.1, 0.15) is 6.79 Å². The van der Waals surface area contributed by atoms with Crippen LogP contribution in [0.1, 0.15) is 45.9 Å². The Morgan fingerprint density at radius 1 is 1.29 bits per heavy atom. The molecule has 0 bridgehead atoms. The maximum atomic E-state index is 5.30. The van der Waals surface area contributed by atoms with Gasteiger partial charge in [-0.25, -0.2) is 4.99 Å². The van der Waals surface area contributed by atoms with Gasteiger partial charge in [-0.15, -0.1) is 11.3 Å². The number of hydrogen-bond donors (Lipinski definition) is 1. The molecule has 31 heavy (non-hydrogen) atoms. The van der Waals surface area contributed by atoms with Crippen molar-refractivity contribution in [2.75, 3.05) is 20.5 Å². The van der Waals surface area contributed by atoms with E-state index >= 15 is 0 Å². The van der Waals surface area contributed by atoms with Gasteiger partial charge in [-0.3, -0.25) is 0 Å². The normalized spacial score (nSPS) is 13.5. The van der Waals surface area contributed by atoms with E-state index < -0.39 is 0 Å². The summed E-state index contributed by atoms with van der Waals surface area (Å²) in [5, 5.41) is 5.51. The van der Waals surface area contributed by atoms with E-state index in [-0.39, 0.29) is 6.79 Å². The van der Waals surface area contributed by atoms with Crippen molar-refractivity contribution in [2.45, 2.75) is 41.0 Å². The molecule has 5 heteroatoms. The number of aliphatic imine (C=N–C) groups is 1. The zero-order valence-electron chi connectivity index (χ0n) is 19.9. The molecule has 0 saturated heterocycles. The minimum absolute atomic E-state index is 0.289. The maximum Gasteiger partial charge on any atom is 0.146 e. The lowest BCUT2D eigenvalue weighted by molar-refractivity contribution is -0.0186. The minimum atomic E-state index is 0.289. The molecule has 4 nitrogen and oxygen atoms in total. The van der Waals surface area contributed by atoms with Crippen LogP contribution in [0.5, 0.6) is 0 Å². The molecule has 1 heterocycles. The Labute approximate surface area is 193 Å². The van der Waals surface area contributed by atoms with Gasteiger partial charge in [0, 0.05) is 18.5 Å². The third kappa shape index (κ3) is 13.4. The number of nitrogens with one attached hydrogen (secondary N) is 1. The van der Waals surface area contributed by atoms with Crippen molar-refractivity contribution >= 4 is 17.0 Å². The number of allylic oxidation sites excluding steroid dienone is 8. The van der Waals surface area contributed by atoms with Gasteiger partial charge >= 0.3 is 0 Å². The molecule has 1 N–H and O–H groups in total. The molecule has 1 rings (SSSR count). The molecule has 170 valence electrons. The molecular formula is C26H38N2O2S. The highest BCUT2D eigenvalue weighted by molar-refractivity contribution is 7.12. The van der Waals surface area contributed by atoms with E-state index in [4.69, 9.17) is 14.5 Å². The second-order valence-corrected chi connectivity index (χ2v) is 6.95. The summed E-state index contributed by atoms with van der Waals surface area (Å²) in [6.45, 7) is 14.7. The van der Waals surface area contributed by atoms with Crippen LogP contribution in [0, 0.1) is 0 Å². The highest BCUT2D eigenvalue weighted by Gasteiger charge is 2.04. The quantitative estimate of drug-likeness (QED) is 0.152. The Bertz CT molecular complexity index is 782. The molecule has 0 fully saturated rings. The van der Waals surface area contributed by atoms with E-state index in [2.05, 4.69) is 42.4 Å². The lowest BCUT2D eigenvalue weighted by Crippen LogP contribution is -2.11. The molecule has 0 radical (unpaired) electrons. The zero-order chi connectivity index (χ0) is 23.3. The third-order valence-electron chi connectivity index (χ3n) is 3.48. The summed E-state index contributed by atoms with van der Waals surface area (Å²) >= 11 is 1.66. The van der Waals surface area contributed by atoms with Crippen molar-refractivity contribution in [1.82, 2.24) is 5.32 Å². The first kappa shape index (κ1) is 28.5. The Morgan fingerprint density at radius 3 is 2.65 bits per heavy atom. The predicted octanol–water partition coefficient (Wildman–Crippen LogP) is 7.17. The summed E-state index contributed by atoms with van der Waals surface area (Å²) in [7, 11) is 1.61. The maximum absolute atomic E-state index is 5.30. The van der Waals surface area contributed by atoms with Crippen LogP contribution in [0.15, 0.2) is 94.8 Å². The molecule has 0 atom stereocenters. The van der Waals surface area contributed by atoms with Crippen molar-refractivity contribution in [3.05, 3.63) is 94.7 Å². The molecule has 0 aliphatic carbocycles. The molecule has 0 amide bonds. The van der Waals surface area contributed by atoms with Crippen LogP contribution in [-0.4, -0.2) is 26.2 Å². The van der Waals surface area contributed by atoms with Crippen molar-refractivity contribution in [3.8, 4) is 0 Å². The summed E-state index contributed by atoms with van der Waals surface area (Å²) in [6.07, 6.45) is 16.7. The van der Waals surface area contributed by atoms with E-state index in [1.54, 1.807) is 24.5 Å². The summed E-state index contributed by atoms with van der Waals surface area (Å²) in [5.41, 5.74) is 3.77. The molecule has 0 aliphatic heterocycles. The molecule has 0 saturated carbocycles. The first-order valence-electron chi connectivity index (χ1n) is 10.6. The Hall–Kier alpha value is -2.47. The van der Waals surface area contributed by atoms with Gasteiger partial charge < -0.3 is 14.8 Å². The molecule has 0 spiro atoms. The van der Waals surface area contributed by atoms with E-state index in [1.165, 1.54) is 0 Å². The molecule has 1 aromatic heterocycles. The van der Waals surface area contributed by atoms with Crippen LogP contribution < -0.4 is 5.32 Å². The molecule has 0 aromatic carbocycles. The minimum Gasteiger partial charge on any atom is -0.359 e. The topological polar surface area (TPSA) is 42.9 Å². The zero-order valence-corrected chi connectivity index (χ0v) is 20.7. The average Bonchev–Trinajstić information content (AvgIpc) is 3.30. The standard InChI is InChI=1S/C24H32N2O2S.C2H6/c1-6-11-21(12-7-2)26-23(24-15-10-17-29-24)18-20(4)25-22(13-8-3)14-9-16-28-19-27-5;1-2/h6-7,9-15,17-18,25H,1,8,16,19H2,2-5H3;1-2H3/b12-7-,14-9-,20-18+,21-11+,22-13+,26-23-;. The van der Waals surface area contributed by atoms with Crippen LogP contribution in [0.25, 0.3) is 0 Å². The Balaban J connectivity index is 0.00000436. The number of hydrogen-bond acceptors (Lipinski definition) is 5. The van der Waals surface area contributed by atoms with Crippen LogP contribution in [0.2, 0.25) is 0 Å². The lowest BCUT2D eigenvalue weighted by Gasteiger charge is -2.09. The van der Waals surface area contributed by atoms with Gasteiger partial charge in [-0.2, -0.15) is 0 Å². The Kier molecular flexibility index (Phi) is 17.9. The first-order valence-corrected chi connectivity index (χ1v) is 11.5. The fraction of sp³-hybridized carbons (Fsp3) is 0.346. The van der Waals surface area contributed by atoms with Crippen LogP contribution in [0.3, 0.4) is 0 Å². The van der Waals surface area contributed by atoms with Crippen molar-refractivity contribution in [2.24, 2.45) is 4.99 Å². The number of nitrogens with zero attached hydrogens (tertiary/aromatic N) is 1. The van der Waals surface area contributed by atoms with E-state index in [1.807, 2.05) is 64.1 Å². The first-order chi connectivity index (χ1) is 15.1. The number of methoxy groups -OCH3 is 1. The monoisotopic (exact) mass is 442 g/mol. The summed E-state index contributed by atoms with van der Waals surface area (Å²) in [4.78, 5) is 5.94. The van der Waals surface area contributed by atoms with E-state index in [0.717, 1.165) is 34.1 Å². The van der Waals surface area contributed by atoms with Gasteiger partial charge in [0.2, 0.25) is 0 Å². The summed E-state index contributed by atoms with van der Waals surface area (Å²) in [5.74, 6) is 0. The fourth-order valence-electron chi connectivity index (χ4n) is 2.37. The van der Waals surface area contributed by atoms with Gasteiger partial charge in [0.15, 0.2) is 0 Å². The van der Waals surface area contributed by atoms with Crippen molar-refractivity contribution in [1.29, 1.82) is 0 Å². The number of thiophene rings is 1. The van der Waals surface area contributed by atoms with Gasteiger partial charge in [0.25, 0.3) is 0 Å². The largest absolute Gasteiger partial charge is 0.359 e. The SMILES string of the molecule is C=C/C=C(\C=C/C)/N=C(/C=C(\C)NC(/C=C\COCOC)=C/CC)c1cccs1.CC. The van der Waals surface area contributed by atoms with Crippen LogP contribution in [-0.2, 0) is 9.47 Å². The van der Waals surface area contributed by atoms with Crippen molar-refractivity contribution in [3.63, 3.8) is 0 Å². The van der Waals surface area contributed by atoms with Gasteiger partial charge in [-0.05, 0) is 56.0 Å². The lowest BCUT2D eigenvalue weighted by atomic mass is 10.2. The smallest absolute Gasteiger partial charge is 0.146 e. The highest BCUT2D eigenvalue weighted by atomic mass is 32.1. The second kappa shape index (κ2) is 19.5.